The van der Waals surface area contributed by atoms with E-state index in [2.05, 4.69) is 21.2 Å². The van der Waals surface area contributed by atoms with Crippen LogP contribution in [0.5, 0.6) is 5.75 Å². The van der Waals surface area contributed by atoms with Crippen LogP contribution in [-0.2, 0) is 4.79 Å². The van der Waals surface area contributed by atoms with Crippen LogP contribution in [0.1, 0.15) is 45.2 Å². The van der Waals surface area contributed by atoms with E-state index < -0.39 is 23.7 Å². The van der Waals surface area contributed by atoms with Crippen LogP contribution < -0.4 is 10.1 Å². The van der Waals surface area contributed by atoms with Crippen LogP contribution >= 0.6 is 27.7 Å². The Morgan fingerprint density at radius 3 is 2.54 bits per heavy atom. The van der Waals surface area contributed by atoms with Gasteiger partial charge in [-0.05, 0) is 64.8 Å². The van der Waals surface area contributed by atoms with Gasteiger partial charge in [-0.15, -0.1) is 11.8 Å². The molecule has 1 aliphatic rings. The highest BCUT2D eigenvalue weighted by molar-refractivity contribution is 9.11. The molecule has 0 saturated heterocycles. The van der Waals surface area contributed by atoms with Crippen molar-refractivity contribution in [2.75, 3.05) is 13.4 Å². The summed E-state index contributed by atoms with van der Waals surface area (Å²) < 4.78 is 21.7. The Morgan fingerprint density at radius 2 is 2.07 bits per heavy atom. The maximum absolute atomic E-state index is 15.8. The molecule has 0 aromatic heterocycles. The minimum Gasteiger partial charge on any atom is -0.497 e. The smallest absolute Gasteiger partial charge is 0.261 e. The average molecular weight is 472 g/mol. The molecule has 0 aliphatic heterocycles. The largest absolute Gasteiger partial charge is 0.497 e. The molecule has 154 valence electrons. The van der Waals surface area contributed by atoms with Gasteiger partial charge in [-0.25, -0.2) is 4.39 Å². The number of hydrogen-bond acceptors (Lipinski definition) is 4. The lowest BCUT2D eigenvalue weighted by Gasteiger charge is -2.25. The highest BCUT2D eigenvalue weighted by Crippen LogP contribution is 2.47. The highest BCUT2D eigenvalue weighted by Gasteiger charge is 2.55. The van der Waals surface area contributed by atoms with Gasteiger partial charge in [-0.2, -0.15) is 0 Å². The minimum absolute atomic E-state index is 0.161. The fourth-order valence-electron chi connectivity index (χ4n) is 3.41. The number of rotatable bonds is 6. The van der Waals surface area contributed by atoms with Crippen molar-refractivity contribution in [2.24, 2.45) is 0 Å². The number of nitrogens with one attached hydrogen (secondary N) is 1. The zero-order valence-corrected chi connectivity index (χ0v) is 19.2. The Kier molecular flexibility index (Phi) is 7.76. The summed E-state index contributed by atoms with van der Waals surface area (Å²) >= 11 is 4.89. The molecule has 1 saturated carbocycles. The van der Waals surface area contributed by atoms with Crippen molar-refractivity contribution in [2.45, 2.75) is 51.4 Å². The lowest BCUT2D eigenvalue weighted by molar-refractivity contribution is -0.138. The van der Waals surface area contributed by atoms with Gasteiger partial charge in [0.05, 0.1) is 13.2 Å². The summed E-state index contributed by atoms with van der Waals surface area (Å²) in [4.78, 5) is 13.7. The Labute approximate surface area is 178 Å². The molecule has 1 amide bonds. The first kappa shape index (κ1) is 23.0. The molecule has 0 radical (unpaired) electrons. The number of amides is 1. The molecule has 7 heteroatoms. The number of methoxy groups -OCH3 is 1. The number of ether oxygens (including phenoxy) is 1. The summed E-state index contributed by atoms with van der Waals surface area (Å²) in [6.07, 6.45) is 0.896. The number of thioether (sulfide) groups is 1. The van der Waals surface area contributed by atoms with E-state index >= 15 is 4.39 Å². The van der Waals surface area contributed by atoms with Crippen LogP contribution in [-0.4, -0.2) is 36.2 Å². The fraction of sp³-hybridized carbons (Fsp3) is 0.476. The van der Waals surface area contributed by atoms with Gasteiger partial charge < -0.3 is 15.2 Å². The van der Waals surface area contributed by atoms with E-state index in [1.165, 1.54) is 11.8 Å². The molecule has 0 bridgehead atoms. The topological polar surface area (TPSA) is 58.6 Å². The zero-order chi connectivity index (χ0) is 21.1. The molecule has 4 nitrogen and oxygen atoms in total. The number of halogens is 2. The average Bonchev–Trinajstić information content (AvgIpc) is 2.96. The van der Waals surface area contributed by atoms with Gasteiger partial charge in [-0.3, -0.25) is 4.79 Å². The fourth-order valence-corrected chi connectivity index (χ4v) is 4.51. The first-order chi connectivity index (χ1) is 13.2. The van der Waals surface area contributed by atoms with Crippen molar-refractivity contribution in [1.29, 1.82) is 0 Å². The van der Waals surface area contributed by atoms with Crippen molar-refractivity contribution in [1.82, 2.24) is 5.32 Å². The number of alkyl halides is 1. The van der Waals surface area contributed by atoms with Crippen LogP contribution in [0.2, 0.25) is 0 Å². The molecular weight excluding hydrogens is 445 g/mol. The van der Waals surface area contributed by atoms with Crippen molar-refractivity contribution in [3.63, 3.8) is 0 Å². The summed E-state index contributed by atoms with van der Waals surface area (Å²) in [6.45, 7) is 5.54. The van der Waals surface area contributed by atoms with Gasteiger partial charge in [-0.1, -0.05) is 35.0 Å². The van der Waals surface area contributed by atoms with Gasteiger partial charge in [0, 0.05) is 6.42 Å². The number of carbonyl (C=O) groups excluding carboxylic acids is 1. The molecule has 2 N–H and O–H groups in total. The third-order valence-electron chi connectivity index (χ3n) is 5.09. The summed E-state index contributed by atoms with van der Waals surface area (Å²) in [5.41, 5.74) is -0.393. The van der Waals surface area contributed by atoms with Crippen molar-refractivity contribution in [3.8, 4) is 5.75 Å². The summed E-state index contributed by atoms with van der Waals surface area (Å²) in [5, 5.41) is 13.5. The highest BCUT2D eigenvalue weighted by atomic mass is 79.9. The number of aliphatic hydroxyl groups is 1. The Morgan fingerprint density at radius 1 is 1.46 bits per heavy atom. The molecule has 0 heterocycles. The number of benzene rings is 1. The van der Waals surface area contributed by atoms with Gasteiger partial charge in [0.2, 0.25) is 5.67 Å². The number of hydrogen-bond donors (Lipinski definition) is 2. The van der Waals surface area contributed by atoms with E-state index in [1.807, 2.05) is 25.3 Å². The molecule has 1 aromatic rings. The molecule has 1 aliphatic carbocycles. The quantitative estimate of drug-likeness (QED) is 0.609. The lowest BCUT2D eigenvalue weighted by Crippen LogP contribution is -2.49. The van der Waals surface area contributed by atoms with Gasteiger partial charge in [0.25, 0.3) is 5.91 Å². The minimum atomic E-state index is -2.41. The van der Waals surface area contributed by atoms with E-state index in [4.69, 9.17) is 4.74 Å². The predicted molar refractivity (Wildman–Crippen MR) is 116 cm³/mol. The molecular formula is C21H27BrFNO3S. The molecule has 1 fully saturated rings. The molecule has 1 aromatic carbocycles. The summed E-state index contributed by atoms with van der Waals surface area (Å²) in [7, 11) is 1.58. The summed E-state index contributed by atoms with van der Waals surface area (Å²) in [5.74, 6) is -0.0990. The van der Waals surface area contributed by atoms with Crippen LogP contribution in [0.4, 0.5) is 4.39 Å². The molecule has 2 rings (SSSR count). The van der Waals surface area contributed by atoms with Crippen LogP contribution in [0, 0.1) is 0 Å². The Hall–Kier alpha value is -1.31. The van der Waals surface area contributed by atoms with E-state index in [1.54, 1.807) is 33.1 Å². The van der Waals surface area contributed by atoms with Crippen molar-refractivity contribution < 1.29 is 19.0 Å². The SMILES string of the molecule is CC/C(SC)=C1\C(=C(/C)Br)C[C@](F)(C(=O)N[C@H](C)c2ccc(OC)cc2)[C@H]1O. The van der Waals surface area contributed by atoms with Crippen LogP contribution in [0.25, 0.3) is 0 Å². The third kappa shape index (κ3) is 4.47. The van der Waals surface area contributed by atoms with E-state index in [-0.39, 0.29) is 6.42 Å². The Bertz CT molecular complexity index is 783. The standard InChI is InChI=1S/C21H27BrFNO3S/c1-6-17(28-5)18-16(12(2)22)11-21(23,19(18)25)20(26)24-13(3)14-7-9-15(27-4)10-8-14/h7-10,13,19,25H,6,11H2,1-5H3,(H,24,26)/b16-12+,18-17-/t13-,19+,21-/m1/s1. The van der Waals surface area contributed by atoms with Gasteiger partial charge >= 0.3 is 0 Å². The van der Waals surface area contributed by atoms with E-state index in [9.17, 15) is 9.90 Å². The van der Waals surface area contributed by atoms with Gasteiger partial charge in [0.15, 0.2) is 0 Å². The third-order valence-corrected chi connectivity index (χ3v) is 6.57. The normalized spacial score (nSPS) is 26.6. The van der Waals surface area contributed by atoms with Crippen LogP contribution in [0.15, 0.2) is 44.8 Å². The second-order valence-electron chi connectivity index (χ2n) is 6.82. The number of allylic oxidation sites excluding steroid dienone is 2. The molecule has 3 atom stereocenters. The van der Waals surface area contributed by atoms with Crippen molar-refractivity contribution >= 4 is 33.6 Å². The molecule has 28 heavy (non-hydrogen) atoms. The second-order valence-corrected chi connectivity index (χ2v) is 8.91. The van der Waals surface area contributed by atoms with Crippen LogP contribution in [0.3, 0.4) is 0 Å². The second kappa shape index (κ2) is 9.46. The lowest BCUT2D eigenvalue weighted by atomic mass is 9.98. The van der Waals surface area contributed by atoms with Crippen molar-refractivity contribution in [3.05, 3.63) is 50.4 Å². The molecule has 0 spiro atoms. The monoisotopic (exact) mass is 471 g/mol. The predicted octanol–water partition coefficient (Wildman–Crippen LogP) is 5.04. The maximum Gasteiger partial charge on any atom is 0.261 e. The maximum atomic E-state index is 15.8. The van der Waals surface area contributed by atoms with E-state index in [0.29, 0.717) is 23.3 Å². The zero-order valence-electron chi connectivity index (χ0n) is 16.8. The first-order valence-electron chi connectivity index (χ1n) is 9.14. The Balaban J connectivity index is 2.30. The number of aliphatic hydroxyl groups excluding tert-OH is 1. The van der Waals surface area contributed by atoms with E-state index in [0.717, 1.165) is 15.0 Å². The summed E-state index contributed by atoms with van der Waals surface area (Å²) in [6, 6.07) is 6.81. The molecule has 0 unspecified atom stereocenters. The number of carbonyl (C=O) groups is 1. The first-order valence-corrected chi connectivity index (χ1v) is 11.2. The van der Waals surface area contributed by atoms with Gasteiger partial charge in [0.1, 0.15) is 11.9 Å².